The number of nitrogens with zero attached hydrogens (tertiary/aromatic N) is 3. The van der Waals surface area contributed by atoms with Gasteiger partial charge in [0.15, 0.2) is 0 Å². The van der Waals surface area contributed by atoms with Gasteiger partial charge in [-0.3, -0.25) is 4.79 Å². The second-order valence-electron chi connectivity index (χ2n) is 7.36. The van der Waals surface area contributed by atoms with Crippen LogP contribution in [0.15, 0.2) is 6.33 Å². The lowest BCUT2D eigenvalue weighted by Gasteiger charge is -2.49. The van der Waals surface area contributed by atoms with Crippen molar-refractivity contribution in [2.24, 2.45) is 5.92 Å². The number of amides is 1. The molecule has 1 amide bonds. The van der Waals surface area contributed by atoms with E-state index >= 15 is 0 Å². The van der Waals surface area contributed by atoms with E-state index in [1.165, 1.54) is 6.26 Å². The third kappa shape index (κ3) is 2.78. The van der Waals surface area contributed by atoms with E-state index in [-0.39, 0.29) is 11.8 Å². The maximum absolute atomic E-state index is 12.7. The first-order valence-corrected chi connectivity index (χ1v) is 10.8. The molecule has 25 heavy (non-hydrogen) atoms. The van der Waals surface area contributed by atoms with E-state index in [4.69, 9.17) is 0 Å². The molecule has 0 saturated carbocycles. The van der Waals surface area contributed by atoms with Gasteiger partial charge >= 0.3 is 0 Å². The second kappa shape index (κ2) is 6.07. The zero-order chi connectivity index (χ0) is 17.7. The van der Waals surface area contributed by atoms with Gasteiger partial charge in [-0.25, -0.2) is 13.4 Å². The molecule has 138 valence electrons. The molecule has 1 unspecified atom stereocenters. The normalized spacial score (nSPS) is 26.8. The van der Waals surface area contributed by atoms with Crippen LogP contribution in [-0.2, 0) is 26.8 Å². The summed E-state index contributed by atoms with van der Waals surface area (Å²) in [6.45, 7) is 3.27. The van der Waals surface area contributed by atoms with Crippen molar-refractivity contribution < 1.29 is 13.2 Å². The number of hydrogen-bond acceptors (Lipinski definition) is 5. The van der Waals surface area contributed by atoms with Crippen molar-refractivity contribution in [3.8, 4) is 0 Å². The number of imidazole rings is 1. The first-order chi connectivity index (χ1) is 11.9. The molecule has 3 aliphatic rings. The molecule has 1 atom stereocenters. The van der Waals surface area contributed by atoms with E-state index in [9.17, 15) is 13.2 Å². The van der Waals surface area contributed by atoms with Crippen LogP contribution >= 0.6 is 0 Å². The Bertz CT molecular complexity index is 760. The number of likely N-dealkylation sites (tertiary alicyclic amines) is 1. The lowest BCUT2D eigenvalue weighted by molar-refractivity contribution is -0.137. The molecule has 4 rings (SSSR count). The number of sulfonamides is 1. The highest BCUT2D eigenvalue weighted by Crippen LogP contribution is 2.43. The quantitative estimate of drug-likeness (QED) is 0.745. The first kappa shape index (κ1) is 17.0. The predicted molar refractivity (Wildman–Crippen MR) is 92.3 cm³/mol. The van der Waals surface area contributed by atoms with Crippen molar-refractivity contribution in [2.75, 3.05) is 39.0 Å². The van der Waals surface area contributed by atoms with Gasteiger partial charge in [-0.15, -0.1) is 0 Å². The summed E-state index contributed by atoms with van der Waals surface area (Å²) in [6.07, 6.45) is 5.67. The molecule has 2 N–H and O–H groups in total. The molecule has 1 aromatic heterocycles. The maximum atomic E-state index is 12.7. The molecule has 0 bridgehead atoms. The first-order valence-electron chi connectivity index (χ1n) is 8.92. The number of aromatic amines is 1. The van der Waals surface area contributed by atoms with Crippen molar-refractivity contribution in [1.82, 2.24) is 24.5 Å². The summed E-state index contributed by atoms with van der Waals surface area (Å²) in [4.78, 5) is 22.2. The van der Waals surface area contributed by atoms with Gasteiger partial charge in [-0.2, -0.15) is 4.31 Å². The Kier molecular flexibility index (Phi) is 4.12. The van der Waals surface area contributed by atoms with Crippen LogP contribution in [0.25, 0.3) is 0 Å². The third-order valence-electron chi connectivity index (χ3n) is 5.91. The van der Waals surface area contributed by atoms with Crippen LogP contribution in [0.2, 0.25) is 0 Å². The van der Waals surface area contributed by atoms with Gasteiger partial charge in [0.2, 0.25) is 15.9 Å². The largest absolute Gasteiger partial charge is 0.348 e. The molecule has 9 heteroatoms. The van der Waals surface area contributed by atoms with Crippen LogP contribution < -0.4 is 5.32 Å². The van der Waals surface area contributed by atoms with Gasteiger partial charge in [0, 0.05) is 38.3 Å². The number of nitrogens with one attached hydrogen (secondary N) is 2. The van der Waals surface area contributed by atoms with Crippen LogP contribution in [-0.4, -0.2) is 72.5 Å². The Morgan fingerprint density at radius 3 is 2.72 bits per heavy atom. The number of hydrogen-bond donors (Lipinski definition) is 2. The molecule has 0 aliphatic carbocycles. The summed E-state index contributed by atoms with van der Waals surface area (Å²) < 4.78 is 26.4. The minimum atomic E-state index is -3.34. The summed E-state index contributed by atoms with van der Waals surface area (Å²) in [5, 5.41) is 3.24. The molecule has 8 nitrogen and oxygen atoms in total. The van der Waals surface area contributed by atoms with E-state index in [0.717, 1.165) is 30.9 Å². The van der Waals surface area contributed by atoms with Crippen LogP contribution in [0.1, 0.15) is 30.7 Å². The predicted octanol–water partition coefficient (Wildman–Crippen LogP) is -0.345. The Morgan fingerprint density at radius 1 is 1.32 bits per heavy atom. The number of carbonyl (C=O) groups excluding carboxylic acids is 1. The lowest BCUT2D eigenvalue weighted by atomic mass is 9.80. The number of H-pyrrole nitrogens is 1. The van der Waals surface area contributed by atoms with Crippen LogP contribution in [0.5, 0.6) is 0 Å². The zero-order valence-corrected chi connectivity index (χ0v) is 15.3. The number of fused-ring (bicyclic) bond motifs is 2. The summed E-state index contributed by atoms with van der Waals surface area (Å²) >= 11 is 0. The van der Waals surface area contributed by atoms with Gasteiger partial charge in [0.05, 0.1) is 29.7 Å². The number of rotatable bonds is 2. The van der Waals surface area contributed by atoms with E-state index in [0.29, 0.717) is 38.9 Å². The summed E-state index contributed by atoms with van der Waals surface area (Å²) in [5.41, 5.74) is 1.25. The van der Waals surface area contributed by atoms with E-state index < -0.39 is 15.6 Å². The summed E-state index contributed by atoms with van der Waals surface area (Å²) in [7, 11) is -3.34. The smallest absolute Gasteiger partial charge is 0.227 e. The monoisotopic (exact) mass is 367 g/mol. The SMILES string of the molecule is CS(=O)(=O)N1CCc2[nH]cnc2C12CCN(C(=O)C1CCNC1)CC2. The standard InChI is InChI=1S/C16H25N5O3S/c1-25(23,24)21-7-3-13-14(19-11-18-13)16(21)4-8-20(9-5-16)15(22)12-2-6-17-10-12/h11-12,17H,2-10H2,1H3,(H,18,19). The molecule has 3 aliphatic heterocycles. The average Bonchev–Trinajstić information content (AvgIpc) is 3.26. The zero-order valence-electron chi connectivity index (χ0n) is 14.5. The van der Waals surface area contributed by atoms with Crippen LogP contribution in [0.3, 0.4) is 0 Å². The van der Waals surface area contributed by atoms with Crippen molar-refractivity contribution in [2.45, 2.75) is 31.2 Å². The Morgan fingerprint density at radius 2 is 2.08 bits per heavy atom. The van der Waals surface area contributed by atoms with Crippen molar-refractivity contribution in [3.05, 3.63) is 17.7 Å². The highest BCUT2D eigenvalue weighted by molar-refractivity contribution is 7.88. The van der Waals surface area contributed by atoms with E-state index in [1.54, 1.807) is 10.6 Å². The fourth-order valence-corrected chi connectivity index (χ4v) is 5.98. The highest BCUT2D eigenvalue weighted by atomic mass is 32.2. The van der Waals surface area contributed by atoms with Gasteiger partial charge < -0.3 is 15.2 Å². The van der Waals surface area contributed by atoms with Crippen molar-refractivity contribution >= 4 is 15.9 Å². The summed E-state index contributed by atoms with van der Waals surface area (Å²) in [6, 6.07) is 0. The van der Waals surface area contributed by atoms with Gasteiger partial charge in [0.1, 0.15) is 0 Å². The van der Waals surface area contributed by atoms with Crippen molar-refractivity contribution in [3.63, 3.8) is 0 Å². The molecule has 2 saturated heterocycles. The maximum Gasteiger partial charge on any atom is 0.227 e. The Hall–Kier alpha value is -1.45. The molecule has 0 aromatic carbocycles. The topological polar surface area (TPSA) is 98.4 Å². The Labute approximate surface area is 148 Å². The summed E-state index contributed by atoms with van der Waals surface area (Å²) in [5.74, 6) is 0.260. The van der Waals surface area contributed by atoms with Gasteiger partial charge in [0.25, 0.3) is 0 Å². The van der Waals surface area contributed by atoms with E-state index in [1.807, 2.05) is 4.90 Å². The lowest BCUT2D eigenvalue weighted by Crippen LogP contribution is -2.59. The fourth-order valence-electron chi connectivity index (χ4n) is 4.65. The number of carbonyl (C=O) groups is 1. The average molecular weight is 367 g/mol. The van der Waals surface area contributed by atoms with Gasteiger partial charge in [-0.05, 0) is 25.8 Å². The molecule has 0 radical (unpaired) electrons. The van der Waals surface area contributed by atoms with E-state index in [2.05, 4.69) is 15.3 Å². The molecule has 4 heterocycles. The fraction of sp³-hybridized carbons (Fsp3) is 0.750. The molecular weight excluding hydrogens is 342 g/mol. The Balaban J connectivity index is 1.59. The second-order valence-corrected chi connectivity index (χ2v) is 9.27. The molecule has 2 fully saturated rings. The third-order valence-corrected chi connectivity index (χ3v) is 7.25. The van der Waals surface area contributed by atoms with Crippen LogP contribution in [0, 0.1) is 5.92 Å². The highest BCUT2D eigenvalue weighted by Gasteiger charge is 2.51. The number of aromatic nitrogens is 2. The number of piperidine rings is 1. The van der Waals surface area contributed by atoms with Crippen LogP contribution in [0.4, 0.5) is 0 Å². The molecule has 1 spiro atoms. The molecule has 1 aromatic rings. The minimum absolute atomic E-state index is 0.0624. The van der Waals surface area contributed by atoms with Crippen molar-refractivity contribution in [1.29, 1.82) is 0 Å². The minimum Gasteiger partial charge on any atom is -0.348 e. The molecular formula is C16H25N5O3S. The van der Waals surface area contributed by atoms with Gasteiger partial charge in [-0.1, -0.05) is 0 Å².